The predicted molar refractivity (Wildman–Crippen MR) is 75.4 cm³/mol. The Labute approximate surface area is 109 Å². The molecule has 3 nitrogen and oxygen atoms in total. The summed E-state index contributed by atoms with van der Waals surface area (Å²) in [4.78, 5) is 0. The summed E-state index contributed by atoms with van der Waals surface area (Å²) in [5.41, 5.74) is 4.95. The van der Waals surface area contributed by atoms with E-state index in [4.69, 9.17) is 0 Å². The molecule has 2 rings (SSSR count). The molecule has 0 atom stereocenters. The zero-order chi connectivity index (χ0) is 12.8. The average Bonchev–Trinajstić information content (AvgIpc) is 2.86. The van der Waals surface area contributed by atoms with Gasteiger partial charge in [-0.25, -0.2) is 0 Å². The fraction of sp³-hybridized carbons (Fsp3) is 0.400. The lowest BCUT2D eigenvalue weighted by Gasteiger charge is -2.05. The van der Waals surface area contributed by atoms with Crippen LogP contribution in [-0.4, -0.2) is 16.7 Å². The summed E-state index contributed by atoms with van der Waals surface area (Å²) in [5.74, 6) is 0. The first kappa shape index (κ1) is 12.8. The van der Waals surface area contributed by atoms with Gasteiger partial charge in [0.25, 0.3) is 0 Å². The standard InChI is InChI=1S/C15H21N3/c1-3-5-12-6-8-13(9-7-12)15-14(10-16-4-2)11-17-18-15/h6-9,11,16H,3-5,10H2,1-2H3,(H,17,18). The molecular weight excluding hydrogens is 222 g/mol. The third-order valence-corrected chi connectivity index (χ3v) is 3.06. The first-order chi connectivity index (χ1) is 8.85. The summed E-state index contributed by atoms with van der Waals surface area (Å²) in [5, 5.41) is 10.6. The summed E-state index contributed by atoms with van der Waals surface area (Å²) in [6, 6.07) is 8.76. The molecule has 0 fully saturated rings. The van der Waals surface area contributed by atoms with Crippen LogP contribution in [0.3, 0.4) is 0 Å². The van der Waals surface area contributed by atoms with Crippen LogP contribution in [0.15, 0.2) is 30.5 Å². The topological polar surface area (TPSA) is 40.7 Å². The summed E-state index contributed by atoms with van der Waals surface area (Å²) in [7, 11) is 0. The number of benzene rings is 1. The highest BCUT2D eigenvalue weighted by Gasteiger charge is 2.06. The Balaban J connectivity index is 2.17. The fourth-order valence-corrected chi connectivity index (χ4v) is 2.08. The Bertz CT molecular complexity index is 471. The van der Waals surface area contributed by atoms with E-state index in [9.17, 15) is 0 Å². The third-order valence-electron chi connectivity index (χ3n) is 3.06. The Morgan fingerprint density at radius 3 is 2.61 bits per heavy atom. The smallest absolute Gasteiger partial charge is 0.0695 e. The molecule has 1 aromatic heterocycles. The van der Waals surface area contributed by atoms with Gasteiger partial charge in [0, 0.05) is 12.1 Å². The van der Waals surface area contributed by atoms with E-state index in [0.717, 1.165) is 25.2 Å². The van der Waals surface area contributed by atoms with Crippen molar-refractivity contribution in [3.8, 4) is 11.3 Å². The average molecular weight is 243 g/mol. The maximum absolute atomic E-state index is 4.15. The summed E-state index contributed by atoms with van der Waals surface area (Å²) in [6.45, 7) is 6.15. The Morgan fingerprint density at radius 1 is 1.17 bits per heavy atom. The number of H-pyrrole nitrogens is 1. The minimum absolute atomic E-state index is 0.860. The van der Waals surface area contributed by atoms with Gasteiger partial charge in [-0.05, 0) is 24.1 Å². The number of hydrogen-bond acceptors (Lipinski definition) is 2. The molecule has 18 heavy (non-hydrogen) atoms. The number of nitrogens with one attached hydrogen (secondary N) is 2. The molecule has 0 saturated heterocycles. The molecule has 0 radical (unpaired) electrons. The number of aryl methyl sites for hydroxylation is 1. The number of nitrogens with zero attached hydrogens (tertiary/aromatic N) is 1. The molecule has 1 aromatic carbocycles. The third kappa shape index (κ3) is 2.99. The van der Waals surface area contributed by atoms with Gasteiger partial charge < -0.3 is 5.32 Å². The van der Waals surface area contributed by atoms with Crippen molar-refractivity contribution in [2.45, 2.75) is 33.2 Å². The van der Waals surface area contributed by atoms with E-state index in [2.05, 4.69) is 53.6 Å². The number of hydrogen-bond donors (Lipinski definition) is 2. The van der Waals surface area contributed by atoms with Crippen LogP contribution in [0.2, 0.25) is 0 Å². The van der Waals surface area contributed by atoms with Crippen LogP contribution >= 0.6 is 0 Å². The van der Waals surface area contributed by atoms with Gasteiger partial charge in [-0.3, -0.25) is 5.10 Å². The highest BCUT2D eigenvalue weighted by atomic mass is 15.1. The molecule has 3 heteroatoms. The number of rotatable bonds is 6. The number of aromatic amines is 1. The van der Waals surface area contributed by atoms with Gasteiger partial charge >= 0.3 is 0 Å². The Kier molecular flexibility index (Phi) is 4.53. The van der Waals surface area contributed by atoms with Crippen LogP contribution in [0.5, 0.6) is 0 Å². The van der Waals surface area contributed by atoms with E-state index in [0.29, 0.717) is 0 Å². The molecule has 0 saturated carbocycles. The molecule has 0 aliphatic rings. The molecule has 0 bridgehead atoms. The maximum atomic E-state index is 4.15. The van der Waals surface area contributed by atoms with Gasteiger partial charge in [0.2, 0.25) is 0 Å². The molecule has 96 valence electrons. The fourth-order valence-electron chi connectivity index (χ4n) is 2.08. The molecule has 0 amide bonds. The van der Waals surface area contributed by atoms with E-state index in [1.807, 2.05) is 6.20 Å². The lowest BCUT2D eigenvalue weighted by Crippen LogP contribution is -2.11. The van der Waals surface area contributed by atoms with Gasteiger partial charge in [0.15, 0.2) is 0 Å². The van der Waals surface area contributed by atoms with Crippen LogP contribution in [0.25, 0.3) is 11.3 Å². The van der Waals surface area contributed by atoms with E-state index in [-0.39, 0.29) is 0 Å². The van der Waals surface area contributed by atoms with E-state index >= 15 is 0 Å². The minimum Gasteiger partial charge on any atom is -0.313 e. The van der Waals surface area contributed by atoms with Gasteiger partial charge in [0.1, 0.15) is 0 Å². The summed E-state index contributed by atoms with van der Waals surface area (Å²) in [6.07, 6.45) is 4.24. The lowest BCUT2D eigenvalue weighted by molar-refractivity contribution is 0.728. The maximum Gasteiger partial charge on any atom is 0.0695 e. The van der Waals surface area contributed by atoms with Gasteiger partial charge in [-0.2, -0.15) is 5.10 Å². The highest BCUT2D eigenvalue weighted by Crippen LogP contribution is 2.21. The quantitative estimate of drug-likeness (QED) is 0.818. The largest absolute Gasteiger partial charge is 0.313 e. The normalized spacial score (nSPS) is 10.8. The van der Waals surface area contributed by atoms with E-state index in [1.54, 1.807) is 0 Å². The molecule has 2 N–H and O–H groups in total. The molecule has 1 heterocycles. The van der Waals surface area contributed by atoms with Crippen LogP contribution in [-0.2, 0) is 13.0 Å². The lowest BCUT2D eigenvalue weighted by atomic mass is 10.0. The van der Waals surface area contributed by atoms with Gasteiger partial charge in [-0.15, -0.1) is 0 Å². The molecule has 0 aliphatic carbocycles. The molecule has 0 spiro atoms. The molecule has 0 unspecified atom stereocenters. The van der Waals surface area contributed by atoms with Gasteiger partial charge in [0.05, 0.1) is 11.9 Å². The van der Waals surface area contributed by atoms with Crippen molar-refractivity contribution in [1.29, 1.82) is 0 Å². The van der Waals surface area contributed by atoms with Crippen molar-refractivity contribution < 1.29 is 0 Å². The first-order valence-electron chi connectivity index (χ1n) is 6.67. The van der Waals surface area contributed by atoms with E-state index in [1.165, 1.54) is 23.1 Å². The zero-order valence-electron chi connectivity index (χ0n) is 11.2. The predicted octanol–water partition coefficient (Wildman–Crippen LogP) is 3.14. The second-order valence-electron chi connectivity index (χ2n) is 4.50. The van der Waals surface area contributed by atoms with Crippen LogP contribution in [0.4, 0.5) is 0 Å². The summed E-state index contributed by atoms with van der Waals surface area (Å²) < 4.78 is 0. The number of aromatic nitrogens is 2. The van der Waals surface area contributed by atoms with Crippen molar-refractivity contribution in [1.82, 2.24) is 15.5 Å². The van der Waals surface area contributed by atoms with Crippen molar-refractivity contribution in [2.75, 3.05) is 6.54 Å². The van der Waals surface area contributed by atoms with E-state index < -0.39 is 0 Å². The highest BCUT2D eigenvalue weighted by molar-refractivity contribution is 5.62. The van der Waals surface area contributed by atoms with Crippen LogP contribution < -0.4 is 5.32 Å². The van der Waals surface area contributed by atoms with Crippen molar-refractivity contribution in [2.24, 2.45) is 0 Å². The van der Waals surface area contributed by atoms with Crippen molar-refractivity contribution in [3.63, 3.8) is 0 Å². The SMILES string of the molecule is CCCc1ccc(-c2[nH]ncc2CNCC)cc1. The van der Waals surface area contributed by atoms with Crippen LogP contribution in [0.1, 0.15) is 31.4 Å². The van der Waals surface area contributed by atoms with Crippen molar-refractivity contribution >= 4 is 0 Å². The van der Waals surface area contributed by atoms with Gasteiger partial charge in [-0.1, -0.05) is 44.5 Å². The molecule has 0 aliphatic heterocycles. The molecular formula is C15H21N3. The second-order valence-corrected chi connectivity index (χ2v) is 4.50. The zero-order valence-corrected chi connectivity index (χ0v) is 11.2. The Hall–Kier alpha value is -1.61. The minimum atomic E-state index is 0.860. The first-order valence-corrected chi connectivity index (χ1v) is 6.67. The second kappa shape index (κ2) is 6.36. The van der Waals surface area contributed by atoms with Crippen molar-refractivity contribution in [3.05, 3.63) is 41.6 Å². The molecule has 2 aromatic rings. The summed E-state index contributed by atoms with van der Waals surface area (Å²) >= 11 is 0. The monoisotopic (exact) mass is 243 g/mol. The Morgan fingerprint density at radius 2 is 1.94 bits per heavy atom. The van der Waals surface area contributed by atoms with Crippen LogP contribution in [0, 0.1) is 0 Å².